The number of piperazine rings is 1. The lowest BCUT2D eigenvalue weighted by Gasteiger charge is -2.35. The average molecular weight is 460 g/mol. The largest absolute Gasteiger partial charge is 0.416 e. The van der Waals surface area contributed by atoms with Crippen LogP contribution >= 0.6 is 0 Å². The van der Waals surface area contributed by atoms with Gasteiger partial charge in [-0.15, -0.1) is 0 Å². The van der Waals surface area contributed by atoms with Gasteiger partial charge in [0.25, 0.3) is 0 Å². The fourth-order valence-electron chi connectivity index (χ4n) is 3.91. The molecular formula is C19H18F6N6O. The first-order chi connectivity index (χ1) is 14.9. The first-order valence-corrected chi connectivity index (χ1v) is 9.73. The van der Waals surface area contributed by atoms with Crippen LogP contribution in [0.25, 0.3) is 11.4 Å². The van der Waals surface area contributed by atoms with E-state index >= 15 is 0 Å². The topological polar surface area (TPSA) is 83.0 Å². The molecule has 2 N–H and O–H groups in total. The summed E-state index contributed by atoms with van der Waals surface area (Å²) in [5.41, 5.74) is -2.32. The maximum absolute atomic E-state index is 13.7. The predicted molar refractivity (Wildman–Crippen MR) is 102 cm³/mol. The second-order valence-electron chi connectivity index (χ2n) is 7.67. The summed E-state index contributed by atoms with van der Waals surface area (Å²) in [5, 5.41) is 5.36. The van der Waals surface area contributed by atoms with E-state index in [1.54, 1.807) is 11.8 Å². The van der Waals surface area contributed by atoms with Gasteiger partial charge in [0.05, 0.1) is 22.9 Å². The molecule has 0 radical (unpaired) electrons. The smallest absolute Gasteiger partial charge is 0.351 e. The van der Waals surface area contributed by atoms with Gasteiger partial charge in [-0.3, -0.25) is 4.79 Å². The molecule has 4 rings (SSSR count). The van der Waals surface area contributed by atoms with Crippen molar-refractivity contribution in [1.29, 1.82) is 0 Å². The summed E-state index contributed by atoms with van der Waals surface area (Å²) in [4.78, 5) is 25.2. The molecule has 2 aromatic heterocycles. The Morgan fingerprint density at radius 1 is 1.12 bits per heavy atom. The third-order valence-electron chi connectivity index (χ3n) is 5.45. The lowest BCUT2D eigenvalue weighted by molar-refractivity contribution is -0.156. The van der Waals surface area contributed by atoms with Crippen molar-refractivity contribution < 1.29 is 31.1 Å². The van der Waals surface area contributed by atoms with Gasteiger partial charge in [-0.2, -0.15) is 26.3 Å². The first kappa shape index (κ1) is 22.2. The number of nitrogens with one attached hydrogen (secondary N) is 2. The zero-order chi connectivity index (χ0) is 23.3. The number of alkyl halides is 6. The highest BCUT2D eigenvalue weighted by molar-refractivity contribution is 5.95. The summed E-state index contributed by atoms with van der Waals surface area (Å²) < 4.78 is 82.2. The van der Waals surface area contributed by atoms with Gasteiger partial charge in [-0.25, -0.2) is 15.0 Å². The molecule has 2 aromatic rings. The Morgan fingerprint density at radius 2 is 1.88 bits per heavy atom. The molecule has 0 bridgehead atoms. The number of nitrogens with zero attached hydrogens (tertiary/aromatic N) is 4. The van der Waals surface area contributed by atoms with Crippen molar-refractivity contribution in [1.82, 2.24) is 20.3 Å². The number of carbonyl (C=O) groups is 1. The lowest BCUT2D eigenvalue weighted by Crippen LogP contribution is -2.50. The summed E-state index contributed by atoms with van der Waals surface area (Å²) in [7, 11) is 0. The van der Waals surface area contributed by atoms with Gasteiger partial charge >= 0.3 is 12.4 Å². The Hall–Kier alpha value is -2.96. The van der Waals surface area contributed by atoms with Gasteiger partial charge in [-0.05, 0) is 19.1 Å². The van der Waals surface area contributed by atoms with E-state index < -0.39 is 47.4 Å². The van der Waals surface area contributed by atoms with Crippen LogP contribution in [0.3, 0.4) is 0 Å². The second-order valence-corrected chi connectivity index (χ2v) is 7.67. The molecule has 0 spiro atoms. The lowest BCUT2D eigenvalue weighted by atomic mass is 9.89. The normalized spacial score (nSPS) is 21.8. The molecular weight excluding hydrogens is 442 g/mol. The molecule has 0 aromatic carbocycles. The molecule has 4 heterocycles. The Labute approximate surface area is 178 Å². The van der Waals surface area contributed by atoms with Crippen LogP contribution in [0, 0.1) is 0 Å². The third-order valence-corrected chi connectivity index (χ3v) is 5.45. The molecule has 7 nitrogen and oxygen atoms in total. The maximum Gasteiger partial charge on any atom is 0.416 e. The Balaban J connectivity index is 1.92. The number of hydrogen-bond acceptors (Lipinski definition) is 6. The fourth-order valence-corrected chi connectivity index (χ4v) is 3.91. The van der Waals surface area contributed by atoms with Crippen molar-refractivity contribution in [2.75, 3.05) is 29.9 Å². The van der Waals surface area contributed by atoms with Crippen LogP contribution in [0.5, 0.6) is 0 Å². The standard InChI is InChI=1S/C19H18F6N6O/c1-9-7-26-2-3-31(9)13-5-10(18(20,21)22)4-12(29-13)16-15-11(19(23,24)25)6-14(32)30-17(15)28-8-27-16/h4-5,8-9,11,26H,2-3,6-7H2,1H3,(H,27,28,30,32)/t9-,11-/m0/s1. The third kappa shape index (κ3) is 4.20. The Kier molecular flexibility index (Phi) is 5.47. The Bertz CT molecular complexity index is 1040. The second kappa shape index (κ2) is 7.87. The zero-order valence-corrected chi connectivity index (χ0v) is 16.7. The van der Waals surface area contributed by atoms with Gasteiger partial charge in [0.2, 0.25) is 5.91 Å². The van der Waals surface area contributed by atoms with E-state index in [4.69, 9.17) is 0 Å². The minimum Gasteiger partial charge on any atom is -0.351 e. The van der Waals surface area contributed by atoms with E-state index in [1.165, 1.54) is 0 Å². The minimum absolute atomic E-state index is 0.0143. The first-order valence-electron chi connectivity index (χ1n) is 9.73. The molecule has 1 fully saturated rings. The van der Waals surface area contributed by atoms with E-state index in [0.29, 0.717) is 25.7 Å². The SMILES string of the molecule is C[C@H]1CNCCN1c1cc(C(F)(F)F)cc(-c2ncnc3c2[C@@H](C(F)(F)F)CC(=O)N3)n1. The van der Waals surface area contributed by atoms with E-state index in [1.807, 2.05) is 0 Å². The van der Waals surface area contributed by atoms with E-state index in [0.717, 1.165) is 12.4 Å². The van der Waals surface area contributed by atoms with E-state index in [9.17, 15) is 31.1 Å². The van der Waals surface area contributed by atoms with Crippen LogP contribution in [-0.4, -0.2) is 52.7 Å². The van der Waals surface area contributed by atoms with Crippen molar-refractivity contribution >= 4 is 17.5 Å². The minimum atomic E-state index is -4.83. The quantitative estimate of drug-likeness (QED) is 0.669. The molecule has 1 amide bonds. The molecule has 172 valence electrons. The predicted octanol–water partition coefficient (Wildman–Crippen LogP) is 3.34. The van der Waals surface area contributed by atoms with Gasteiger partial charge in [0.1, 0.15) is 18.0 Å². The van der Waals surface area contributed by atoms with Crippen molar-refractivity contribution in [2.45, 2.75) is 37.7 Å². The molecule has 1 saturated heterocycles. The number of hydrogen-bond donors (Lipinski definition) is 2. The zero-order valence-electron chi connectivity index (χ0n) is 16.7. The van der Waals surface area contributed by atoms with Crippen LogP contribution in [-0.2, 0) is 11.0 Å². The van der Waals surface area contributed by atoms with Crippen LogP contribution in [0.1, 0.15) is 30.4 Å². The van der Waals surface area contributed by atoms with Crippen LogP contribution in [0.4, 0.5) is 38.0 Å². The molecule has 2 aliphatic rings. The van der Waals surface area contributed by atoms with Gasteiger partial charge in [0.15, 0.2) is 0 Å². The summed E-state index contributed by atoms with van der Waals surface area (Å²) >= 11 is 0. The van der Waals surface area contributed by atoms with Gasteiger partial charge < -0.3 is 15.5 Å². The fraction of sp³-hybridized carbons (Fsp3) is 0.474. The number of rotatable bonds is 2. The summed E-state index contributed by atoms with van der Waals surface area (Å²) in [6.45, 7) is 3.20. The van der Waals surface area contributed by atoms with Crippen LogP contribution in [0.2, 0.25) is 0 Å². The highest BCUT2D eigenvalue weighted by Gasteiger charge is 2.47. The van der Waals surface area contributed by atoms with Crippen LogP contribution in [0.15, 0.2) is 18.5 Å². The van der Waals surface area contributed by atoms with E-state index in [2.05, 4.69) is 25.6 Å². The summed E-state index contributed by atoms with van der Waals surface area (Å²) in [5.74, 6) is -3.55. The molecule has 0 saturated carbocycles. The molecule has 2 atom stereocenters. The molecule has 0 aliphatic carbocycles. The van der Waals surface area contributed by atoms with Gasteiger partial charge in [-0.1, -0.05) is 0 Å². The van der Waals surface area contributed by atoms with Crippen molar-refractivity contribution in [3.8, 4) is 11.4 Å². The summed E-state index contributed by atoms with van der Waals surface area (Å²) in [6.07, 6.45) is -9.61. The van der Waals surface area contributed by atoms with Crippen LogP contribution < -0.4 is 15.5 Å². The number of amides is 1. The number of anilines is 2. The average Bonchev–Trinajstić information content (AvgIpc) is 2.71. The molecule has 13 heteroatoms. The highest BCUT2D eigenvalue weighted by atomic mass is 19.4. The molecule has 32 heavy (non-hydrogen) atoms. The maximum atomic E-state index is 13.7. The summed E-state index contributed by atoms with van der Waals surface area (Å²) in [6, 6.07) is 1.36. The number of halogens is 6. The molecule has 2 aliphatic heterocycles. The number of fused-ring (bicyclic) bond motifs is 1. The van der Waals surface area contributed by atoms with Crippen molar-refractivity contribution in [2.24, 2.45) is 0 Å². The highest BCUT2D eigenvalue weighted by Crippen LogP contribution is 2.46. The monoisotopic (exact) mass is 460 g/mol. The Morgan fingerprint density at radius 3 is 2.53 bits per heavy atom. The van der Waals surface area contributed by atoms with Gasteiger partial charge in [0, 0.05) is 37.7 Å². The number of aromatic nitrogens is 3. The number of carbonyl (C=O) groups excluding carboxylic acids is 1. The van der Waals surface area contributed by atoms with Crippen molar-refractivity contribution in [3.05, 3.63) is 29.6 Å². The molecule has 0 unspecified atom stereocenters. The van der Waals surface area contributed by atoms with E-state index in [-0.39, 0.29) is 23.4 Å². The number of pyridine rings is 1. The van der Waals surface area contributed by atoms with Crippen molar-refractivity contribution in [3.63, 3.8) is 0 Å².